The van der Waals surface area contributed by atoms with Gasteiger partial charge in [0, 0.05) is 6.42 Å². The molecule has 294 valence electrons. The number of unbranched alkanes of at least 4 members (excludes halogenated alkanes) is 26. The van der Waals surface area contributed by atoms with Crippen molar-refractivity contribution in [3.63, 3.8) is 0 Å². The highest BCUT2D eigenvalue weighted by Crippen LogP contribution is 2.16. The maximum atomic E-state index is 11.7. The van der Waals surface area contributed by atoms with Crippen LogP contribution >= 0.6 is 0 Å². The van der Waals surface area contributed by atoms with E-state index in [1.807, 2.05) is 0 Å². The second-order valence-electron chi connectivity index (χ2n) is 14.7. The topological polar surface area (TPSA) is 64.6 Å². The minimum atomic E-state index is 0.00610. The summed E-state index contributed by atoms with van der Waals surface area (Å²) in [6.45, 7) is 12.6. The van der Waals surface area contributed by atoms with Crippen molar-refractivity contribution in [1.82, 2.24) is 5.32 Å². The summed E-state index contributed by atoms with van der Waals surface area (Å²) in [5.74, 6) is 0.00610. The molecule has 0 heterocycles. The molecule has 1 N–H and O–H groups in total. The zero-order valence-electron chi connectivity index (χ0n) is 34.0. The Morgan fingerprint density at radius 1 is 0.469 bits per heavy atom. The van der Waals surface area contributed by atoms with Gasteiger partial charge in [-0.2, -0.15) is 0 Å². The largest absolute Gasteiger partial charge is 0.466 e. The normalized spacial score (nSPS) is 11.6. The van der Waals surface area contributed by atoms with Crippen LogP contribution in [0.15, 0.2) is 0 Å². The molecule has 0 bridgehead atoms. The third kappa shape index (κ3) is 46.9. The van der Waals surface area contributed by atoms with Gasteiger partial charge in [-0.1, -0.05) is 188 Å². The van der Waals surface area contributed by atoms with E-state index in [1.165, 1.54) is 186 Å². The summed E-state index contributed by atoms with van der Waals surface area (Å²) in [6.07, 6.45) is 43.0. The summed E-state index contributed by atoms with van der Waals surface area (Å²) >= 11 is 0. The van der Waals surface area contributed by atoms with Crippen molar-refractivity contribution in [2.45, 2.75) is 252 Å². The molecule has 5 nitrogen and oxygen atoms in total. The summed E-state index contributed by atoms with van der Waals surface area (Å²) < 4.78 is 10.6. The SMILES string of the molecule is CCCCCCCCCC(CCCCCCCC)OC=O.CCCCCCCCCOC(=O)CCCCCCCNCCCCCCCC. The fourth-order valence-corrected chi connectivity index (χ4v) is 6.36. The molecule has 0 aliphatic carbocycles. The summed E-state index contributed by atoms with van der Waals surface area (Å²) in [7, 11) is 0. The van der Waals surface area contributed by atoms with E-state index in [4.69, 9.17) is 9.47 Å². The zero-order chi connectivity index (χ0) is 36.1. The Balaban J connectivity index is 0. The summed E-state index contributed by atoms with van der Waals surface area (Å²) in [5.41, 5.74) is 0. The number of nitrogens with one attached hydrogen (secondary N) is 1. The van der Waals surface area contributed by atoms with Gasteiger partial charge in [0.05, 0.1) is 6.61 Å². The quantitative estimate of drug-likeness (QED) is 0.0393. The first kappa shape index (κ1) is 50.0. The lowest BCUT2D eigenvalue weighted by Crippen LogP contribution is -2.16. The Kier molecular flexibility index (Phi) is 47.9. The Bertz CT molecular complexity index is 614. The molecule has 1 unspecified atom stereocenters. The van der Waals surface area contributed by atoms with Gasteiger partial charge in [0.2, 0.25) is 0 Å². The zero-order valence-corrected chi connectivity index (χ0v) is 34.0. The van der Waals surface area contributed by atoms with Crippen molar-refractivity contribution in [1.29, 1.82) is 0 Å². The van der Waals surface area contributed by atoms with E-state index in [0.29, 0.717) is 19.5 Å². The molecule has 0 aromatic rings. The average Bonchev–Trinajstić information content (AvgIpc) is 3.10. The van der Waals surface area contributed by atoms with E-state index in [9.17, 15) is 9.59 Å². The Morgan fingerprint density at radius 3 is 1.22 bits per heavy atom. The van der Waals surface area contributed by atoms with E-state index < -0.39 is 0 Å². The first-order chi connectivity index (χ1) is 24.2. The van der Waals surface area contributed by atoms with Gasteiger partial charge in [-0.05, 0) is 64.5 Å². The lowest BCUT2D eigenvalue weighted by molar-refractivity contribution is -0.144. The minimum Gasteiger partial charge on any atom is -0.466 e. The first-order valence-corrected chi connectivity index (χ1v) is 22.1. The Labute approximate surface area is 308 Å². The van der Waals surface area contributed by atoms with Crippen LogP contribution in [0, 0.1) is 0 Å². The lowest BCUT2D eigenvalue weighted by atomic mass is 10.0. The van der Waals surface area contributed by atoms with Gasteiger partial charge in [-0.25, -0.2) is 0 Å². The van der Waals surface area contributed by atoms with Gasteiger partial charge in [0.25, 0.3) is 6.47 Å². The van der Waals surface area contributed by atoms with Crippen molar-refractivity contribution in [3.05, 3.63) is 0 Å². The number of hydrogen-bond acceptors (Lipinski definition) is 5. The standard InChI is InChI=1S/C25H51NO2.C19H38O2/c1-3-5-7-9-11-16-20-24-28-25(27)21-17-13-12-15-19-23-26-22-18-14-10-8-6-4-2;1-3-5-7-9-11-13-15-17-19(21-18-20)16-14-12-10-8-6-4-2/h26H,3-24H2,1-2H3;18-19H,3-17H2,1-2H3. The highest BCUT2D eigenvalue weighted by atomic mass is 16.5. The third-order valence-corrected chi connectivity index (χ3v) is 9.71. The van der Waals surface area contributed by atoms with Gasteiger partial charge < -0.3 is 14.8 Å². The number of rotatable bonds is 40. The number of esters is 1. The summed E-state index contributed by atoms with van der Waals surface area (Å²) in [5, 5.41) is 3.56. The molecule has 1 atom stereocenters. The smallest absolute Gasteiger partial charge is 0.305 e. The molecule has 0 saturated carbocycles. The van der Waals surface area contributed by atoms with Crippen LogP contribution in [0.5, 0.6) is 0 Å². The van der Waals surface area contributed by atoms with Crippen LogP contribution in [-0.2, 0) is 19.1 Å². The molecule has 0 aliphatic heterocycles. The molecular formula is C44H89NO4. The minimum absolute atomic E-state index is 0.00610. The second kappa shape index (κ2) is 46.9. The van der Waals surface area contributed by atoms with Crippen LogP contribution in [0.25, 0.3) is 0 Å². The number of hydrogen-bond donors (Lipinski definition) is 1. The van der Waals surface area contributed by atoms with Gasteiger partial charge in [0.15, 0.2) is 0 Å². The third-order valence-electron chi connectivity index (χ3n) is 9.71. The van der Waals surface area contributed by atoms with E-state index in [-0.39, 0.29) is 12.1 Å². The highest BCUT2D eigenvalue weighted by Gasteiger charge is 2.09. The van der Waals surface area contributed by atoms with Crippen LogP contribution < -0.4 is 5.32 Å². The van der Waals surface area contributed by atoms with Crippen molar-refractivity contribution < 1.29 is 19.1 Å². The number of ether oxygens (including phenoxy) is 2. The van der Waals surface area contributed by atoms with Crippen LogP contribution in [0.1, 0.15) is 246 Å². The fraction of sp³-hybridized carbons (Fsp3) is 0.955. The van der Waals surface area contributed by atoms with E-state index in [1.54, 1.807) is 0 Å². The highest BCUT2D eigenvalue weighted by molar-refractivity contribution is 5.69. The molecule has 0 fully saturated rings. The second-order valence-corrected chi connectivity index (χ2v) is 14.7. The van der Waals surface area contributed by atoms with Crippen molar-refractivity contribution >= 4 is 12.4 Å². The van der Waals surface area contributed by atoms with Crippen LogP contribution in [0.2, 0.25) is 0 Å². The predicted octanol–water partition coefficient (Wildman–Crippen LogP) is 14.0. The summed E-state index contributed by atoms with van der Waals surface area (Å²) in [6, 6.07) is 0. The number of carbonyl (C=O) groups excluding carboxylic acids is 2. The van der Waals surface area contributed by atoms with Crippen LogP contribution in [-0.4, -0.2) is 38.2 Å². The maximum Gasteiger partial charge on any atom is 0.305 e. The predicted molar refractivity (Wildman–Crippen MR) is 214 cm³/mol. The molecule has 5 heteroatoms. The molecular weight excluding hydrogens is 606 g/mol. The van der Waals surface area contributed by atoms with Crippen LogP contribution in [0.4, 0.5) is 0 Å². The first-order valence-electron chi connectivity index (χ1n) is 22.1. The molecule has 49 heavy (non-hydrogen) atoms. The monoisotopic (exact) mass is 696 g/mol. The van der Waals surface area contributed by atoms with Gasteiger partial charge in [0.1, 0.15) is 6.10 Å². The number of carbonyl (C=O) groups is 2. The fourth-order valence-electron chi connectivity index (χ4n) is 6.36. The van der Waals surface area contributed by atoms with Gasteiger partial charge in [-0.15, -0.1) is 0 Å². The Hall–Kier alpha value is -1.10. The molecule has 0 spiro atoms. The van der Waals surface area contributed by atoms with Crippen molar-refractivity contribution in [2.75, 3.05) is 19.7 Å². The molecule has 0 rings (SSSR count). The van der Waals surface area contributed by atoms with Gasteiger partial charge in [-0.3, -0.25) is 9.59 Å². The van der Waals surface area contributed by atoms with Crippen molar-refractivity contribution in [3.8, 4) is 0 Å². The van der Waals surface area contributed by atoms with Gasteiger partial charge >= 0.3 is 5.97 Å². The van der Waals surface area contributed by atoms with Crippen LogP contribution in [0.3, 0.4) is 0 Å². The van der Waals surface area contributed by atoms with E-state index in [2.05, 4.69) is 33.0 Å². The molecule has 0 amide bonds. The molecule has 0 aliphatic rings. The van der Waals surface area contributed by atoms with E-state index >= 15 is 0 Å². The molecule has 0 radical (unpaired) electrons. The molecule has 0 aromatic carbocycles. The molecule has 0 aromatic heterocycles. The summed E-state index contributed by atoms with van der Waals surface area (Å²) in [4.78, 5) is 22.3. The lowest BCUT2D eigenvalue weighted by Gasteiger charge is -2.15. The Morgan fingerprint density at radius 2 is 0.816 bits per heavy atom. The van der Waals surface area contributed by atoms with E-state index in [0.717, 1.165) is 38.6 Å². The average molecular weight is 696 g/mol. The molecule has 0 saturated heterocycles. The maximum absolute atomic E-state index is 11.7. The van der Waals surface area contributed by atoms with Crippen molar-refractivity contribution in [2.24, 2.45) is 0 Å².